The van der Waals surface area contributed by atoms with Gasteiger partial charge in [-0.3, -0.25) is 0 Å². The lowest BCUT2D eigenvalue weighted by Gasteiger charge is -2.08. The van der Waals surface area contributed by atoms with Crippen LogP contribution in [0.25, 0.3) is 0 Å². The van der Waals surface area contributed by atoms with Gasteiger partial charge < -0.3 is 4.79 Å². The molecule has 0 heterocycles. The molecular weight excluding hydrogens is 147 g/mol. The average molecular weight is 166 g/mol. The molecule has 2 heteroatoms. The van der Waals surface area contributed by atoms with Crippen LogP contribution < -0.4 is 0 Å². The van der Waals surface area contributed by atoms with Gasteiger partial charge in [0.1, 0.15) is 5.78 Å². The summed E-state index contributed by atoms with van der Waals surface area (Å²) in [5.74, 6) is 0.0433. The minimum absolute atomic E-state index is 0.198. The van der Waals surface area contributed by atoms with Crippen molar-refractivity contribution in [1.82, 2.24) is 0 Å². The first-order valence-corrected chi connectivity index (χ1v) is 5.00. The molecule has 1 nitrogen and oxygen atoms in total. The Balaban J connectivity index is 3.47. The number of rotatable bonds is 7. The fourth-order valence-corrected chi connectivity index (χ4v) is 1.12. The largest absolute Gasteiger partial charge is 0.300 e. The number of hydrogen-bond donors (Lipinski definition) is 0. The second-order valence-corrected chi connectivity index (χ2v) is 3.32. The summed E-state index contributed by atoms with van der Waals surface area (Å²) in [4.78, 5) is 11.3. The first-order valence-electron chi connectivity index (χ1n) is 5.00. The minimum Gasteiger partial charge on any atom is -0.300 e. The summed E-state index contributed by atoms with van der Waals surface area (Å²) in [5.41, 5.74) is 0. The Morgan fingerprint density at radius 1 is 1.25 bits per heavy atom. The minimum atomic E-state index is -0.198. The molecule has 0 saturated heterocycles. The lowest BCUT2D eigenvalue weighted by Crippen LogP contribution is -2.08. The molecule has 0 N–H and O–H groups in total. The third-order valence-electron chi connectivity index (χ3n) is 2.06. The van der Waals surface area contributed by atoms with E-state index in [-0.39, 0.29) is 11.6 Å². The van der Waals surface area contributed by atoms with Crippen molar-refractivity contribution in [3.8, 4) is 0 Å². The van der Waals surface area contributed by atoms with E-state index < -0.39 is 0 Å². The van der Waals surface area contributed by atoms with Gasteiger partial charge in [0.25, 0.3) is 0 Å². The van der Waals surface area contributed by atoms with Crippen molar-refractivity contribution in [3.05, 3.63) is 0 Å². The van der Waals surface area contributed by atoms with Crippen LogP contribution in [0, 0.1) is 0 Å². The molecule has 0 bridgehead atoms. The zero-order valence-corrected chi connectivity index (χ0v) is 8.31. The number of ketones is 1. The molecule has 1 unspecified atom stereocenters. The first-order chi connectivity index (χ1) is 5.72. The van der Waals surface area contributed by atoms with Crippen molar-refractivity contribution in [2.45, 2.75) is 58.2 Å². The molecule has 1 atom stereocenters. The van der Waals surface area contributed by atoms with E-state index in [0.29, 0.717) is 6.42 Å². The van der Waals surface area contributed by atoms with Gasteiger partial charge in [0.2, 0.25) is 0 Å². The number of unbranched alkanes of at least 4 members (excludes halogenated alkanes) is 2. The van der Waals surface area contributed by atoms with Crippen LogP contribution in [0.4, 0.5) is 0 Å². The zero-order valence-electron chi connectivity index (χ0n) is 8.31. The van der Waals surface area contributed by atoms with E-state index in [0.717, 1.165) is 32.1 Å². The van der Waals surface area contributed by atoms with Gasteiger partial charge in [-0.1, -0.05) is 39.5 Å². The average Bonchev–Trinajstić information content (AvgIpc) is 2.10. The summed E-state index contributed by atoms with van der Waals surface area (Å²) in [7, 11) is 5.69. The number of carbonyl (C=O) groups excluding carboxylic acids is 1. The van der Waals surface area contributed by atoms with Gasteiger partial charge in [-0.2, -0.15) is 0 Å². The van der Waals surface area contributed by atoms with Crippen LogP contribution in [-0.2, 0) is 4.79 Å². The maximum absolute atomic E-state index is 11.3. The van der Waals surface area contributed by atoms with Crippen molar-refractivity contribution < 1.29 is 4.79 Å². The zero-order chi connectivity index (χ0) is 9.40. The van der Waals surface area contributed by atoms with E-state index in [2.05, 4.69) is 13.8 Å². The van der Waals surface area contributed by atoms with Gasteiger partial charge in [0.15, 0.2) is 0 Å². The monoisotopic (exact) mass is 166 g/mol. The van der Waals surface area contributed by atoms with Crippen molar-refractivity contribution >= 4 is 13.6 Å². The summed E-state index contributed by atoms with van der Waals surface area (Å²) in [6.07, 6.45) is 5.78. The molecule has 0 rings (SSSR count). The predicted octanol–water partition coefficient (Wildman–Crippen LogP) is 2.89. The Morgan fingerprint density at radius 2 is 1.83 bits per heavy atom. The van der Waals surface area contributed by atoms with Gasteiger partial charge in [0, 0.05) is 6.42 Å². The summed E-state index contributed by atoms with van der Waals surface area (Å²) < 4.78 is 0. The quantitative estimate of drug-likeness (QED) is 0.531. The normalized spacial score (nSPS) is 12.8. The van der Waals surface area contributed by atoms with E-state index in [1.807, 2.05) is 0 Å². The van der Waals surface area contributed by atoms with Crippen molar-refractivity contribution in [2.24, 2.45) is 0 Å². The Morgan fingerprint density at radius 3 is 2.33 bits per heavy atom. The van der Waals surface area contributed by atoms with Gasteiger partial charge in [-0.05, 0) is 12.2 Å². The molecule has 0 aromatic heterocycles. The third-order valence-corrected chi connectivity index (χ3v) is 2.06. The molecule has 0 aliphatic heterocycles. The van der Waals surface area contributed by atoms with E-state index >= 15 is 0 Å². The topological polar surface area (TPSA) is 17.1 Å². The number of carbonyl (C=O) groups is 1. The third kappa shape index (κ3) is 5.39. The first kappa shape index (κ1) is 11.7. The van der Waals surface area contributed by atoms with Crippen LogP contribution in [0.3, 0.4) is 0 Å². The standard InChI is InChI=1S/C10H19BO/c1-3-5-7-9(11)10(12)8-6-4-2/h9H,3-8H2,1-2H3. The van der Waals surface area contributed by atoms with Crippen molar-refractivity contribution in [3.63, 3.8) is 0 Å². The summed E-state index contributed by atoms with van der Waals surface area (Å²) >= 11 is 0. The van der Waals surface area contributed by atoms with Gasteiger partial charge in [-0.25, -0.2) is 0 Å². The SMILES string of the molecule is [B]C(CCCC)C(=O)CCCC. The van der Waals surface area contributed by atoms with Crippen molar-refractivity contribution in [2.75, 3.05) is 0 Å². The predicted molar refractivity (Wildman–Crippen MR) is 53.6 cm³/mol. The fourth-order valence-electron chi connectivity index (χ4n) is 1.12. The molecule has 0 saturated carbocycles. The Hall–Kier alpha value is -0.265. The summed E-state index contributed by atoms with van der Waals surface area (Å²) in [5, 5.41) is 0. The van der Waals surface area contributed by atoms with Crippen LogP contribution in [-0.4, -0.2) is 13.6 Å². The van der Waals surface area contributed by atoms with E-state index in [1.165, 1.54) is 0 Å². The smallest absolute Gasteiger partial charge is 0.127 e. The molecular formula is C10H19BO. The Labute approximate surface area is 77.3 Å². The molecule has 68 valence electrons. The van der Waals surface area contributed by atoms with Crippen molar-refractivity contribution in [1.29, 1.82) is 0 Å². The fraction of sp³-hybridized carbons (Fsp3) is 0.900. The van der Waals surface area contributed by atoms with Crippen LogP contribution in [0.5, 0.6) is 0 Å². The molecule has 0 spiro atoms. The highest BCUT2D eigenvalue weighted by atomic mass is 16.1. The molecule has 0 aliphatic rings. The number of hydrogen-bond acceptors (Lipinski definition) is 1. The van der Waals surface area contributed by atoms with Crippen LogP contribution in [0.1, 0.15) is 52.4 Å². The number of Topliss-reactive ketones (excluding diaryl/α,β-unsaturated/α-hetero) is 1. The highest BCUT2D eigenvalue weighted by Gasteiger charge is 2.10. The second kappa shape index (κ2) is 7.39. The maximum atomic E-state index is 11.3. The molecule has 0 aliphatic carbocycles. The van der Waals surface area contributed by atoms with Gasteiger partial charge >= 0.3 is 0 Å². The molecule has 2 radical (unpaired) electrons. The Bertz CT molecular complexity index is 123. The summed E-state index contributed by atoms with van der Waals surface area (Å²) in [6.45, 7) is 4.20. The second-order valence-electron chi connectivity index (χ2n) is 3.32. The molecule has 0 fully saturated rings. The highest BCUT2D eigenvalue weighted by Crippen LogP contribution is 2.14. The van der Waals surface area contributed by atoms with E-state index in [1.54, 1.807) is 0 Å². The molecule has 0 aromatic carbocycles. The Kier molecular flexibility index (Phi) is 7.22. The van der Waals surface area contributed by atoms with E-state index in [9.17, 15) is 4.79 Å². The summed E-state index contributed by atoms with van der Waals surface area (Å²) in [6, 6.07) is 0. The lowest BCUT2D eigenvalue weighted by atomic mass is 9.78. The van der Waals surface area contributed by atoms with Crippen LogP contribution >= 0.6 is 0 Å². The lowest BCUT2D eigenvalue weighted by molar-refractivity contribution is -0.119. The molecule has 0 aromatic rings. The van der Waals surface area contributed by atoms with Gasteiger partial charge in [0.05, 0.1) is 7.85 Å². The molecule has 0 amide bonds. The maximum Gasteiger partial charge on any atom is 0.127 e. The van der Waals surface area contributed by atoms with Crippen LogP contribution in [0.15, 0.2) is 0 Å². The highest BCUT2D eigenvalue weighted by molar-refractivity contribution is 6.24. The van der Waals surface area contributed by atoms with E-state index in [4.69, 9.17) is 7.85 Å². The molecule has 12 heavy (non-hydrogen) atoms. The van der Waals surface area contributed by atoms with Gasteiger partial charge in [-0.15, -0.1) is 0 Å². The van der Waals surface area contributed by atoms with Crippen LogP contribution in [0.2, 0.25) is 5.82 Å².